The van der Waals surface area contributed by atoms with Crippen LogP contribution in [-0.2, 0) is 0 Å². The Kier molecular flexibility index (Phi) is 7.12. The van der Waals surface area contributed by atoms with Gasteiger partial charge in [-0.1, -0.05) is 13.3 Å². The van der Waals surface area contributed by atoms with Crippen molar-refractivity contribution in [3.8, 4) is 5.75 Å². The van der Waals surface area contributed by atoms with E-state index >= 15 is 0 Å². The number of likely N-dealkylation sites (tertiary alicyclic amines) is 1. The van der Waals surface area contributed by atoms with Gasteiger partial charge in [0.15, 0.2) is 0 Å². The van der Waals surface area contributed by atoms with Crippen LogP contribution in [0.3, 0.4) is 0 Å². The Labute approximate surface area is 165 Å². The van der Waals surface area contributed by atoms with Crippen molar-refractivity contribution in [3.63, 3.8) is 0 Å². The number of hydrogen-bond acceptors (Lipinski definition) is 4. The Balaban J connectivity index is 1.40. The molecule has 1 fully saturated rings. The minimum atomic E-state index is -0.0722. The van der Waals surface area contributed by atoms with Gasteiger partial charge in [0.2, 0.25) is 0 Å². The van der Waals surface area contributed by atoms with Gasteiger partial charge in [-0.15, -0.1) is 0 Å². The summed E-state index contributed by atoms with van der Waals surface area (Å²) in [5.41, 5.74) is 1.23. The lowest BCUT2D eigenvalue weighted by Crippen LogP contribution is -2.41. The molecule has 0 unspecified atom stereocenters. The van der Waals surface area contributed by atoms with Crippen LogP contribution in [0.2, 0.25) is 0 Å². The summed E-state index contributed by atoms with van der Waals surface area (Å²) in [5, 5.41) is 3.01. The number of nitrogens with zero attached hydrogens (tertiary/aromatic N) is 1. The van der Waals surface area contributed by atoms with Crippen LogP contribution in [0.5, 0.6) is 5.75 Å². The van der Waals surface area contributed by atoms with Crippen LogP contribution < -0.4 is 10.1 Å². The third kappa shape index (κ3) is 5.38. The molecule has 6 heteroatoms. The zero-order valence-corrected chi connectivity index (χ0v) is 16.4. The second-order valence-corrected chi connectivity index (χ2v) is 7.18. The predicted molar refractivity (Wildman–Crippen MR) is 107 cm³/mol. The Morgan fingerprint density at radius 1 is 1.14 bits per heavy atom. The van der Waals surface area contributed by atoms with Gasteiger partial charge in [-0.25, -0.2) is 0 Å². The van der Waals surface area contributed by atoms with Gasteiger partial charge >= 0.3 is 0 Å². The molecule has 2 amide bonds. The molecule has 1 N–H and O–H groups in total. The van der Waals surface area contributed by atoms with Crippen molar-refractivity contribution in [3.05, 3.63) is 54.0 Å². The van der Waals surface area contributed by atoms with E-state index in [1.807, 2.05) is 17.0 Å². The molecule has 28 heavy (non-hydrogen) atoms. The number of furan rings is 1. The molecule has 1 aromatic heterocycles. The summed E-state index contributed by atoms with van der Waals surface area (Å²) in [4.78, 5) is 26.5. The highest BCUT2D eigenvalue weighted by Gasteiger charge is 2.24. The third-order valence-corrected chi connectivity index (χ3v) is 5.10. The molecule has 6 nitrogen and oxygen atoms in total. The molecule has 1 aliphatic rings. The molecule has 2 aromatic rings. The zero-order valence-electron chi connectivity index (χ0n) is 16.4. The first-order valence-electron chi connectivity index (χ1n) is 10.00. The Bertz CT molecular complexity index is 747. The molecule has 0 aliphatic carbocycles. The van der Waals surface area contributed by atoms with Crippen molar-refractivity contribution in [2.24, 2.45) is 5.92 Å². The van der Waals surface area contributed by atoms with E-state index in [-0.39, 0.29) is 11.8 Å². The molecule has 0 spiro atoms. The number of nitrogens with one attached hydrogen (secondary N) is 1. The van der Waals surface area contributed by atoms with Crippen LogP contribution in [0.15, 0.2) is 47.3 Å². The zero-order chi connectivity index (χ0) is 19.8. The van der Waals surface area contributed by atoms with E-state index in [1.165, 1.54) is 12.5 Å². The first-order valence-corrected chi connectivity index (χ1v) is 10.00. The Morgan fingerprint density at radius 2 is 1.89 bits per heavy atom. The van der Waals surface area contributed by atoms with Gasteiger partial charge in [0.05, 0.1) is 18.4 Å². The van der Waals surface area contributed by atoms with E-state index < -0.39 is 0 Å². The van der Waals surface area contributed by atoms with Gasteiger partial charge in [0.25, 0.3) is 11.8 Å². The molecule has 1 saturated heterocycles. The van der Waals surface area contributed by atoms with Crippen molar-refractivity contribution >= 4 is 11.8 Å². The molecule has 3 rings (SSSR count). The van der Waals surface area contributed by atoms with Crippen LogP contribution in [0.4, 0.5) is 0 Å². The smallest absolute Gasteiger partial charge is 0.257 e. The molecule has 0 atom stereocenters. The van der Waals surface area contributed by atoms with Gasteiger partial charge in [0, 0.05) is 25.2 Å². The third-order valence-electron chi connectivity index (χ3n) is 5.10. The summed E-state index contributed by atoms with van der Waals surface area (Å²) in [6, 6.07) is 8.95. The van der Waals surface area contributed by atoms with Crippen molar-refractivity contribution in [1.82, 2.24) is 10.2 Å². The lowest BCUT2D eigenvalue weighted by Gasteiger charge is -2.31. The number of rotatable bonds is 8. The molecule has 150 valence electrons. The maximum Gasteiger partial charge on any atom is 0.257 e. The van der Waals surface area contributed by atoms with Crippen LogP contribution in [0.25, 0.3) is 0 Å². The number of ether oxygens (including phenoxy) is 1. The van der Waals surface area contributed by atoms with E-state index in [1.54, 1.807) is 18.2 Å². The van der Waals surface area contributed by atoms with E-state index in [0.717, 1.165) is 31.4 Å². The molecule has 1 aliphatic heterocycles. The summed E-state index contributed by atoms with van der Waals surface area (Å²) in [7, 11) is 0. The summed E-state index contributed by atoms with van der Waals surface area (Å²) in [6.07, 6.45) is 6.88. The lowest BCUT2D eigenvalue weighted by molar-refractivity contribution is 0.0683. The molecule has 0 saturated carbocycles. The van der Waals surface area contributed by atoms with Gasteiger partial charge in [-0.3, -0.25) is 9.59 Å². The first-order chi connectivity index (χ1) is 13.7. The SMILES string of the molecule is CCCCOc1ccc(C(=O)NCC2CCN(C(=O)c3ccoc3)CC2)cc1. The van der Waals surface area contributed by atoms with Crippen LogP contribution >= 0.6 is 0 Å². The summed E-state index contributed by atoms with van der Waals surface area (Å²) in [5.74, 6) is 1.11. The standard InChI is InChI=1S/C22H28N2O4/c1-2-3-13-28-20-6-4-18(5-7-20)21(25)23-15-17-8-11-24(12-9-17)22(26)19-10-14-27-16-19/h4-7,10,14,16-17H,2-3,8-9,11-13,15H2,1H3,(H,23,25). The van der Waals surface area contributed by atoms with Crippen LogP contribution in [0, 0.1) is 5.92 Å². The summed E-state index contributed by atoms with van der Waals surface area (Å²) >= 11 is 0. The maximum absolute atomic E-state index is 12.4. The predicted octanol–water partition coefficient (Wildman–Crippen LogP) is 3.74. The lowest BCUT2D eigenvalue weighted by atomic mass is 9.96. The second-order valence-electron chi connectivity index (χ2n) is 7.18. The number of hydrogen-bond donors (Lipinski definition) is 1. The van der Waals surface area contributed by atoms with Gasteiger partial charge in [0.1, 0.15) is 12.0 Å². The van der Waals surface area contributed by atoms with Crippen LogP contribution in [-0.4, -0.2) is 43.0 Å². The first kappa shape index (κ1) is 20.0. The molecule has 0 radical (unpaired) electrons. The quantitative estimate of drug-likeness (QED) is 0.704. The van der Waals surface area contributed by atoms with Gasteiger partial charge in [-0.2, -0.15) is 0 Å². The molecular formula is C22H28N2O4. The Morgan fingerprint density at radius 3 is 2.54 bits per heavy atom. The normalized spacial score (nSPS) is 14.7. The van der Waals surface area contributed by atoms with Crippen molar-refractivity contribution in [1.29, 1.82) is 0 Å². The second kappa shape index (κ2) is 9.97. The fourth-order valence-electron chi connectivity index (χ4n) is 3.28. The summed E-state index contributed by atoms with van der Waals surface area (Å²) in [6.45, 7) is 4.85. The number of piperidine rings is 1. The monoisotopic (exact) mass is 384 g/mol. The molecule has 2 heterocycles. The largest absolute Gasteiger partial charge is 0.494 e. The number of carbonyl (C=O) groups is 2. The van der Waals surface area contributed by atoms with E-state index in [0.29, 0.717) is 43.3 Å². The van der Waals surface area contributed by atoms with Crippen molar-refractivity contribution in [2.75, 3.05) is 26.2 Å². The Hall–Kier alpha value is -2.76. The summed E-state index contributed by atoms with van der Waals surface area (Å²) < 4.78 is 10.6. The molecule has 0 bridgehead atoms. The number of benzene rings is 1. The van der Waals surface area contributed by atoms with E-state index in [2.05, 4.69) is 12.2 Å². The fraction of sp³-hybridized carbons (Fsp3) is 0.455. The van der Waals surface area contributed by atoms with Gasteiger partial charge < -0.3 is 19.4 Å². The van der Waals surface area contributed by atoms with Crippen LogP contribution in [0.1, 0.15) is 53.3 Å². The highest BCUT2D eigenvalue weighted by Crippen LogP contribution is 2.19. The number of amides is 2. The molecular weight excluding hydrogens is 356 g/mol. The number of carbonyl (C=O) groups excluding carboxylic acids is 2. The average molecular weight is 384 g/mol. The highest BCUT2D eigenvalue weighted by atomic mass is 16.5. The van der Waals surface area contributed by atoms with E-state index in [9.17, 15) is 9.59 Å². The fourth-order valence-corrected chi connectivity index (χ4v) is 3.28. The van der Waals surface area contributed by atoms with Gasteiger partial charge in [-0.05, 0) is 55.5 Å². The molecule has 1 aromatic carbocycles. The topological polar surface area (TPSA) is 71.8 Å². The minimum Gasteiger partial charge on any atom is -0.494 e. The van der Waals surface area contributed by atoms with Crippen molar-refractivity contribution in [2.45, 2.75) is 32.6 Å². The van der Waals surface area contributed by atoms with Crippen molar-refractivity contribution < 1.29 is 18.7 Å². The highest BCUT2D eigenvalue weighted by molar-refractivity contribution is 5.94. The number of unbranched alkanes of at least 4 members (excludes halogenated alkanes) is 1. The maximum atomic E-state index is 12.4. The average Bonchev–Trinajstić information content (AvgIpc) is 3.27. The van der Waals surface area contributed by atoms with E-state index in [4.69, 9.17) is 9.15 Å². The minimum absolute atomic E-state index is 0.0116.